The van der Waals surface area contributed by atoms with Gasteiger partial charge in [-0.2, -0.15) is 4.98 Å². The number of aliphatic carboxylic acids is 1. The normalized spacial score (nSPS) is 17.9. The number of carbonyl (C=O) groups excluding carboxylic acids is 1. The maximum atomic E-state index is 14.5. The average molecular weight is 458 g/mol. The second-order valence-electron chi connectivity index (χ2n) is 7.76. The number of ether oxygens (including phenoxy) is 1. The van der Waals surface area contributed by atoms with Crippen LogP contribution < -0.4 is 9.64 Å². The van der Waals surface area contributed by atoms with Crippen molar-refractivity contribution in [2.45, 2.75) is 25.9 Å². The van der Waals surface area contributed by atoms with Crippen molar-refractivity contribution in [3.63, 3.8) is 0 Å². The van der Waals surface area contributed by atoms with Crippen LogP contribution in [0.5, 0.6) is 5.88 Å². The third kappa shape index (κ3) is 4.90. The van der Waals surface area contributed by atoms with E-state index in [2.05, 4.69) is 9.97 Å². The van der Waals surface area contributed by atoms with Crippen LogP contribution in [0.25, 0.3) is 0 Å². The molecule has 1 N–H and O–H groups in total. The summed E-state index contributed by atoms with van der Waals surface area (Å²) in [5, 5.41) is 8.65. The monoisotopic (exact) mass is 457 g/mol. The van der Waals surface area contributed by atoms with E-state index in [1.807, 2.05) is 0 Å². The number of Topliss-reactive ketones (excluding diaryl/α,β-unsaturated/α-hetero) is 1. The zero-order chi connectivity index (χ0) is 23.1. The van der Waals surface area contributed by atoms with Gasteiger partial charge in [0.15, 0.2) is 17.3 Å². The summed E-state index contributed by atoms with van der Waals surface area (Å²) in [6.07, 6.45) is 1.29. The second kappa shape index (κ2) is 8.33. The Kier molecular flexibility index (Phi) is 6.13. The van der Waals surface area contributed by atoms with Crippen LogP contribution in [0.2, 0.25) is 5.02 Å². The maximum absolute atomic E-state index is 14.5. The molecular weight excluding hydrogens is 439 g/mol. The van der Waals surface area contributed by atoms with Gasteiger partial charge in [0.05, 0.1) is 36.5 Å². The summed E-state index contributed by atoms with van der Waals surface area (Å²) < 4.78 is 47.7. The molecule has 0 saturated heterocycles. The second-order valence-corrected chi connectivity index (χ2v) is 8.17. The number of carboxylic acids is 1. The fraction of sp³-hybridized carbons (Fsp3) is 0.400. The van der Waals surface area contributed by atoms with Gasteiger partial charge in [-0.05, 0) is 26.3 Å². The minimum atomic E-state index is -1.83. The zero-order valence-corrected chi connectivity index (χ0v) is 17.6. The topological polar surface area (TPSA) is 92.6 Å². The van der Waals surface area contributed by atoms with Crippen LogP contribution in [0.1, 0.15) is 30.8 Å². The van der Waals surface area contributed by atoms with E-state index >= 15 is 0 Å². The molecule has 11 heteroatoms. The Morgan fingerprint density at radius 1 is 1.29 bits per heavy atom. The Hall–Kier alpha value is -2.88. The van der Waals surface area contributed by atoms with Crippen LogP contribution in [0.3, 0.4) is 0 Å². The van der Waals surface area contributed by atoms with Crippen molar-refractivity contribution < 1.29 is 32.6 Å². The molecule has 1 fully saturated rings. The summed E-state index contributed by atoms with van der Waals surface area (Å²) in [7, 11) is 1.23. The lowest BCUT2D eigenvalue weighted by Crippen LogP contribution is -2.34. The van der Waals surface area contributed by atoms with Crippen LogP contribution >= 0.6 is 11.6 Å². The fourth-order valence-corrected chi connectivity index (χ4v) is 3.28. The van der Waals surface area contributed by atoms with Crippen LogP contribution in [0.4, 0.5) is 24.7 Å². The van der Waals surface area contributed by atoms with Crippen molar-refractivity contribution in [1.29, 1.82) is 0 Å². The van der Waals surface area contributed by atoms with Gasteiger partial charge in [-0.15, -0.1) is 0 Å². The number of nitrogens with zero attached hydrogens (tertiary/aromatic N) is 3. The van der Waals surface area contributed by atoms with Crippen molar-refractivity contribution in [1.82, 2.24) is 9.97 Å². The van der Waals surface area contributed by atoms with Gasteiger partial charge >= 0.3 is 5.97 Å². The number of methoxy groups -OCH3 is 1. The maximum Gasteiger partial charge on any atom is 0.307 e. The lowest BCUT2D eigenvalue weighted by molar-refractivity contribution is -0.138. The smallest absolute Gasteiger partial charge is 0.307 e. The van der Waals surface area contributed by atoms with Gasteiger partial charge < -0.3 is 14.7 Å². The van der Waals surface area contributed by atoms with E-state index in [1.165, 1.54) is 21.0 Å². The van der Waals surface area contributed by atoms with Crippen LogP contribution in [-0.4, -0.2) is 46.2 Å². The predicted octanol–water partition coefficient (Wildman–Crippen LogP) is 4.21. The summed E-state index contributed by atoms with van der Waals surface area (Å²) in [5.41, 5.74) is -2.27. The summed E-state index contributed by atoms with van der Waals surface area (Å²) in [5.74, 6) is -5.45. The number of alkyl halides is 1. The quantitative estimate of drug-likeness (QED) is 0.469. The van der Waals surface area contributed by atoms with Crippen LogP contribution in [0, 0.1) is 23.5 Å². The van der Waals surface area contributed by atoms with Crippen LogP contribution in [0.15, 0.2) is 18.3 Å². The molecule has 31 heavy (non-hydrogen) atoms. The molecule has 2 unspecified atom stereocenters. The molecule has 1 aliphatic carbocycles. The Labute approximate surface area is 180 Å². The number of rotatable bonds is 8. The summed E-state index contributed by atoms with van der Waals surface area (Å²) >= 11 is 5.78. The molecule has 0 amide bonds. The van der Waals surface area contributed by atoms with Gasteiger partial charge in [-0.1, -0.05) is 11.6 Å². The molecule has 0 radical (unpaired) electrons. The van der Waals surface area contributed by atoms with E-state index in [0.29, 0.717) is 6.07 Å². The lowest BCUT2D eigenvalue weighted by atomic mass is 10.1. The number of hydrogen-bond donors (Lipinski definition) is 1. The molecule has 166 valence electrons. The third-order valence-electron chi connectivity index (χ3n) is 4.69. The molecule has 0 spiro atoms. The Bertz CT molecular complexity index is 1050. The Morgan fingerprint density at radius 2 is 1.97 bits per heavy atom. The van der Waals surface area contributed by atoms with Crippen molar-refractivity contribution in [3.05, 3.63) is 40.7 Å². The largest absolute Gasteiger partial charge is 0.481 e. The third-order valence-corrected chi connectivity index (χ3v) is 4.98. The molecule has 1 aromatic carbocycles. The number of ketones is 1. The number of benzene rings is 1. The molecule has 2 atom stereocenters. The minimum Gasteiger partial charge on any atom is -0.481 e. The number of aromatic nitrogens is 2. The molecule has 7 nitrogen and oxygen atoms in total. The first-order chi connectivity index (χ1) is 14.4. The highest BCUT2D eigenvalue weighted by atomic mass is 35.5. The highest BCUT2D eigenvalue weighted by Crippen LogP contribution is 2.42. The summed E-state index contributed by atoms with van der Waals surface area (Å²) in [4.78, 5) is 32.9. The number of halogens is 4. The van der Waals surface area contributed by atoms with E-state index < -0.39 is 47.4 Å². The summed E-state index contributed by atoms with van der Waals surface area (Å²) in [6.45, 7) is 2.11. The molecule has 1 aromatic heterocycles. The van der Waals surface area contributed by atoms with E-state index in [1.54, 1.807) is 0 Å². The van der Waals surface area contributed by atoms with E-state index in [9.17, 15) is 22.8 Å². The lowest BCUT2D eigenvalue weighted by Gasteiger charge is -2.29. The van der Waals surface area contributed by atoms with Crippen LogP contribution in [-0.2, 0) is 4.79 Å². The SMILES string of the molecule is COc1nc(N(CC(C)(C)F)c2cc(Cl)c(F)cc2F)cnc1C(=O)C1CC1C(=O)O. The molecule has 3 rings (SSSR count). The van der Waals surface area contributed by atoms with Crippen molar-refractivity contribution >= 4 is 34.9 Å². The molecule has 1 heterocycles. The molecule has 1 aliphatic rings. The molecule has 1 saturated carbocycles. The highest BCUT2D eigenvalue weighted by Gasteiger charge is 2.49. The first-order valence-electron chi connectivity index (χ1n) is 9.22. The number of hydrogen-bond acceptors (Lipinski definition) is 6. The minimum absolute atomic E-state index is 0.0775. The molecule has 0 bridgehead atoms. The van der Waals surface area contributed by atoms with Crippen molar-refractivity contribution in [2.75, 3.05) is 18.6 Å². The standard InChI is InChI=1S/C20H19ClF3N3O4/c1-20(2,24)8-27(14-5-11(21)12(22)6-13(14)23)15-7-25-16(18(26-15)31-3)17(28)9-4-10(9)19(29)30/h5-7,9-10H,4,8H2,1-3H3,(H,29,30). The van der Waals surface area contributed by atoms with Gasteiger partial charge in [-0.25, -0.2) is 18.2 Å². The number of carboxylic acid groups (broad SMARTS) is 1. The molecular formula is C20H19ClF3N3O4. The van der Waals surface area contributed by atoms with E-state index in [-0.39, 0.29) is 34.5 Å². The first kappa shape index (κ1) is 22.8. The van der Waals surface area contributed by atoms with Crippen molar-refractivity contribution in [2.24, 2.45) is 11.8 Å². The van der Waals surface area contributed by atoms with Gasteiger partial charge in [0.25, 0.3) is 0 Å². The average Bonchev–Trinajstić information content (AvgIpc) is 3.48. The van der Waals surface area contributed by atoms with E-state index in [0.717, 1.165) is 17.2 Å². The Balaban J connectivity index is 2.03. The van der Waals surface area contributed by atoms with Gasteiger partial charge in [0.2, 0.25) is 5.88 Å². The predicted molar refractivity (Wildman–Crippen MR) is 106 cm³/mol. The molecule has 2 aromatic rings. The molecule has 0 aliphatic heterocycles. The first-order valence-corrected chi connectivity index (χ1v) is 9.59. The van der Waals surface area contributed by atoms with E-state index in [4.69, 9.17) is 21.4 Å². The van der Waals surface area contributed by atoms with Gasteiger partial charge in [0.1, 0.15) is 17.3 Å². The zero-order valence-electron chi connectivity index (χ0n) is 16.8. The summed E-state index contributed by atoms with van der Waals surface area (Å²) in [6, 6.07) is 1.56. The fourth-order valence-electron chi connectivity index (χ4n) is 3.12. The number of carbonyl (C=O) groups is 2. The highest BCUT2D eigenvalue weighted by molar-refractivity contribution is 6.31. The van der Waals surface area contributed by atoms with Gasteiger partial charge in [-0.3, -0.25) is 9.59 Å². The van der Waals surface area contributed by atoms with Gasteiger partial charge in [0, 0.05) is 12.0 Å². The van der Waals surface area contributed by atoms with Crippen molar-refractivity contribution in [3.8, 4) is 5.88 Å². The number of anilines is 2. The Morgan fingerprint density at radius 3 is 2.52 bits per heavy atom.